The van der Waals surface area contributed by atoms with Gasteiger partial charge in [-0.3, -0.25) is 9.59 Å². The van der Waals surface area contributed by atoms with E-state index in [1.54, 1.807) is 0 Å². The molecule has 150 valence electrons. The molecule has 2 heterocycles. The maximum absolute atomic E-state index is 12.9. The van der Waals surface area contributed by atoms with Crippen molar-refractivity contribution in [1.29, 1.82) is 0 Å². The summed E-state index contributed by atoms with van der Waals surface area (Å²) in [7, 11) is 0. The van der Waals surface area contributed by atoms with Crippen LogP contribution in [0.1, 0.15) is 74.0 Å². The lowest BCUT2D eigenvalue weighted by Gasteiger charge is -2.31. The number of fused-ring (bicyclic) bond motifs is 1. The number of amides is 2. The molecule has 0 unspecified atom stereocenters. The number of rotatable bonds is 7. The third kappa shape index (κ3) is 4.37. The number of unbranched alkanes of at least 4 members (excludes halogenated alkanes) is 1. The molecule has 2 fully saturated rings. The van der Waals surface area contributed by atoms with Gasteiger partial charge in [0, 0.05) is 37.5 Å². The molecule has 0 atom stereocenters. The summed E-state index contributed by atoms with van der Waals surface area (Å²) in [5.41, 5.74) is 2.19. The highest BCUT2D eigenvalue weighted by atomic mass is 16.3. The van der Waals surface area contributed by atoms with Crippen LogP contribution in [0.3, 0.4) is 0 Å². The van der Waals surface area contributed by atoms with E-state index in [2.05, 4.69) is 17.2 Å². The van der Waals surface area contributed by atoms with Crippen LogP contribution in [0.15, 0.2) is 22.6 Å². The molecule has 1 aromatic carbocycles. The van der Waals surface area contributed by atoms with Crippen LogP contribution >= 0.6 is 0 Å². The average Bonchev–Trinajstić information content (AvgIpc) is 3.47. The lowest BCUT2D eigenvalue weighted by molar-refractivity contribution is -0.122. The van der Waals surface area contributed by atoms with Crippen LogP contribution in [0, 0.1) is 5.92 Å². The van der Waals surface area contributed by atoms with Gasteiger partial charge in [-0.15, -0.1) is 0 Å². The van der Waals surface area contributed by atoms with Gasteiger partial charge in [0.05, 0.1) is 0 Å². The molecule has 2 aromatic rings. The Labute approximate surface area is 165 Å². The van der Waals surface area contributed by atoms with Crippen LogP contribution < -0.4 is 5.32 Å². The molecular formula is C22H29N3O3. The number of hydrogen-bond donors (Lipinski definition) is 1. The maximum atomic E-state index is 12.9. The molecule has 4 rings (SSSR count). The van der Waals surface area contributed by atoms with Gasteiger partial charge in [-0.1, -0.05) is 13.3 Å². The quantitative estimate of drug-likeness (QED) is 0.737. The van der Waals surface area contributed by atoms with Crippen molar-refractivity contribution in [3.05, 3.63) is 29.7 Å². The normalized spacial score (nSPS) is 17.8. The van der Waals surface area contributed by atoms with E-state index in [0.29, 0.717) is 36.9 Å². The molecule has 1 N–H and O–H groups in total. The highest BCUT2D eigenvalue weighted by Crippen LogP contribution is 2.40. The van der Waals surface area contributed by atoms with Crippen LogP contribution in [0.5, 0.6) is 0 Å². The van der Waals surface area contributed by atoms with Crippen molar-refractivity contribution >= 4 is 22.9 Å². The second kappa shape index (κ2) is 8.33. The smallest absolute Gasteiger partial charge is 0.253 e. The Kier molecular flexibility index (Phi) is 5.64. The van der Waals surface area contributed by atoms with Gasteiger partial charge < -0.3 is 14.6 Å². The van der Waals surface area contributed by atoms with Gasteiger partial charge in [0.2, 0.25) is 5.91 Å². The number of nitrogens with one attached hydrogen (secondary N) is 1. The Morgan fingerprint density at radius 3 is 2.71 bits per heavy atom. The largest absolute Gasteiger partial charge is 0.440 e. The van der Waals surface area contributed by atoms with Gasteiger partial charge in [0.15, 0.2) is 11.5 Å². The van der Waals surface area contributed by atoms with E-state index in [4.69, 9.17) is 4.42 Å². The van der Waals surface area contributed by atoms with Crippen LogP contribution in [0.25, 0.3) is 11.1 Å². The Hall–Kier alpha value is -2.37. The summed E-state index contributed by atoms with van der Waals surface area (Å²) >= 11 is 0. The van der Waals surface area contributed by atoms with Crippen LogP contribution in [-0.2, 0) is 4.79 Å². The number of benzene rings is 1. The summed E-state index contributed by atoms with van der Waals surface area (Å²) in [5, 5.41) is 2.99. The summed E-state index contributed by atoms with van der Waals surface area (Å²) in [4.78, 5) is 31.3. The molecule has 0 spiro atoms. The molecule has 1 aliphatic heterocycles. The number of aromatic nitrogens is 1. The van der Waals surface area contributed by atoms with Gasteiger partial charge in [-0.05, 0) is 56.2 Å². The van der Waals surface area contributed by atoms with Crippen molar-refractivity contribution in [3.63, 3.8) is 0 Å². The Bertz CT molecular complexity index is 848. The first-order valence-corrected chi connectivity index (χ1v) is 10.6. The lowest BCUT2D eigenvalue weighted by atomic mass is 9.93. The van der Waals surface area contributed by atoms with Gasteiger partial charge in [-0.25, -0.2) is 4.98 Å². The second-order valence-corrected chi connectivity index (χ2v) is 8.15. The topological polar surface area (TPSA) is 75.4 Å². The summed E-state index contributed by atoms with van der Waals surface area (Å²) in [6.07, 6.45) is 6.73. The number of nitrogens with zero attached hydrogens (tertiary/aromatic N) is 2. The molecule has 28 heavy (non-hydrogen) atoms. The fourth-order valence-electron chi connectivity index (χ4n) is 3.84. The first-order valence-electron chi connectivity index (χ1n) is 10.6. The van der Waals surface area contributed by atoms with Crippen molar-refractivity contribution in [1.82, 2.24) is 15.2 Å². The van der Waals surface area contributed by atoms with Gasteiger partial charge in [0.1, 0.15) is 5.52 Å². The predicted octanol–water partition coefficient (Wildman–Crippen LogP) is 3.86. The number of carbonyl (C=O) groups is 2. The first-order chi connectivity index (χ1) is 13.6. The number of oxazole rings is 1. The molecule has 6 heteroatoms. The average molecular weight is 383 g/mol. The van der Waals surface area contributed by atoms with Gasteiger partial charge in [-0.2, -0.15) is 0 Å². The fraction of sp³-hybridized carbons (Fsp3) is 0.591. The minimum atomic E-state index is 0.0451. The number of piperidine rings is 1. The van der Waals surface area contributed by atoms with E-state index in [-0.39, 0.29) is 11.8 Å². The van der Waals surface area contributed by atoms with Crippen LogP contribution in [0.4, 0.5) is 0 Å². The van der Waals surface area contributed by atoms with Crippen molar-refractivity contribution in [2.45, 2.75) is 57.8 Å². The number of likely N-dealkylation sites (tertiary alicyclic amines) is 1. The molecule has 1 saturated carbocycles. The van der Waals surface area contributed by atoms with Crippen molar-refractivity contribution in [2.24, 2.45) is 5.92 Å². The fourth-order valence-corrected chi connectivity index (χ4v) is 3.84. The SMILES string of the molecule is CCCCNC(=O)CC1CCN(C(=O)c2ccc3oc(C4CC4)nc3c2)CC1. The zero-order chi connectivity index (χ0) is 19.5. The molecule has 1 saturated heterocycles. The highest BCUT2D eigenvalue weighted by molar-refractivity contribution is 5.97. The Morgan fingerprint density at radius 1 is 1.21 bits per heavy atom. The summed E-state index contributed by atoms with van der Waals surface area (Å²) in [6, 6.07) is 5.54. The van der Waals surface area contributed by atoms with E-state index in [9.17, 15) is 9.59 Å². The van der Waals surface area contributed by atoms with Gasteiger partial charge in [0.25, 0.3) is 5.91 Å². The second-order valence-electron chi connectivity index (χ2n) is 8.15. The molecular weight excluding hydrogens is 354 g/mol. The predicted molar refractivity (Wildman–Crippen MR) is 107 cm³/mol. The third-order valence-corrected chi connectivity index (χ3v) is 5.81. The molecule has 1 aliphatic carbocycles. The van der Waals surface area contributed by atoms with Crippen LogP contribution in [-0.4, -0.2) is 41.3 Å². The third-order valence-electron chi connectivity index (χ3n) is 5.81. The zero-order valence-electron chi connectivity index (χ0n) is 16.6. The van der Waals surface area contributed by atoms with Crippen molar-refractivity contribution in [3.8, 4) is 0 Å². The molecule has 1 aromatic heterocycles. The molecule has 2 amide bonds. The van der Waals surface area contributed by atoms with E-state index < -0.39 is 0 Å². The minimum Gasteiger partial charge on any atom is -0.440 e. The van der Waals surface area contributed by atoms with E-state index in [1.165, 1.54) is 0 Å². The van der Waals surface area contributed by atoms with E-state index in [1.807, 2.05) is 23.1 Å². The zero-order valence-corrected chi connectivity index (χ0v) is 16.6. The summed E-state index contributed by atoms with van der Waals surface area (Å²) < 4.78 is 5.78. The molecule has 0 bridgehead atoms. The molecule has 2 aliphatic rings. The minimum absolute atomic E-state index is 0.0451. The maximum Gasteiger partial charge on any atom is 0.253 e. The lowest BCUT2D eigenvalue weighted by Crippen LogP contribution is -2.39. The monoisotopic (exact) mass is 383 g/mol. The van der Waals surface area contributed by atoms with Crippen LogP contribution in [0.2, 0.25) is 0 Å². The first kappa shape index (κ1) is 19.0. The molecule has 6 nitrogen and oxygen atoms in total. The standard InChI is InChI=1S/C22H29N3O3/c1-2-3-10-23-20(26)13-15-8-11-25(12-9-15)22(27)17-6-7-19-18(14-17)24-21(28-19)16-4-5-16/h6-7,14-16H,2-5,8-13H2,1H3,(H,23,26). The number of hydrogen-bond acceptors (Lipinski definition) is 4. The van der Waals surface area contributed by atoms with E-state index in [0.717, 1.165) is 62.1 Å². The van der Waals surface area contributed by atoms with Crippen molar-refractivity contribution in [2.75, 3.05) is 19.6 Å². The molecule has 0 radical (unpaired) electrons. The highest BCUT2D eigenvalue weighted by Gasteiger charge is 2.29. The summed E-state index contributed by atoms with van der Waals surface area (Å²) in [5.74, 6) is 1.82. The summed E-state index contributed by atoms with van der Waals surface area (Å²) in [6.45, 7) is 4.29. The number of carbonyl (C=O) groups excluding carboxylic acids is 2. The van der Waals surface area contributed by atoms with E-state index >= 15 is 0 Å². The van der Waals surface area contributed by atoms with Gasteiger partial charge >= 0.3 is 0 Å². The van der Waals surface area contributed by atoms with Crippen molar-refractivity contribution < 1.29 is 14.0 Å². The Balaban J connectivity index is 1.31. The Morgan fingerprint density at radius 2 is 2.00 bits per heavy atom.